The van der Waals surface area contributed by atoms with Gasteiger partial charge in [0.1, 0.15) is 0 Å². The van der Waals surface area contributed by atoms with Gasteiger partial charge in [0.15, 0.2) is 5.82 Å². The Kier molecular flexibility index (Phi) is 9.22. The van der Waals surface area contributed by atoms with E-state index in [0.717, 1.165) is 46.7 Å². The van der Waals surface area contributed by atoms with Crippen LogP contribution < -0.4 is 0 Å². The van der Waals surface area contributed by atoms with Crippen molar-refractivity contribution in [2.75, 3.05) is 0 Å². The molecule has 9 aliphatic rings. The number of hydrogen-bond acceptors (Lipinski definition) is 2. The fourth-order valence-electron chi connectivity index (χ4n) is 14.4. The van der Waals surface area contributed by atoms with E-state index >= 15 is 0 Å². The van der Waals surface area contributed by atoms with Gasteiger partial charge in [-0.1, -0.05) is 212 Å². The van der Waals surface area contributed by atoms with Crippen molar-refractivity contribution >= 4 is 22.8 Å². The topological polar surface area (TPSA) is 25.8 Å². The van der Waals surface area contributed by atoms with Gasteiger partial charge < -0.3 is 0 Å². The zero-order valence-corrected chi connectivity index (χ0v) is 40.0. The molecule has 0 N–H and O–H groups in total. The smallest absolute Gasteiger partial charge is 0.160 e. The van der Waals surface area contributed by atoms with Crippen molar-refractivity contribution in [3.8, 4) is 33.8 Å². The number of hydrogen-bond donors (Lipinski definition) is 0. The van der Waals surface area contributed by atoms with Gasteiger partial charge in [0, 0.05) is 51.4 Å². The van der Waals surface area contributed by atoms with Gasteiger partial charge in [-0.25, -0.2) is 9.97 Å². The van der Waals surface area contributed by atoms with Crippen molar-refractivity contribution in [3.05, 3.63) is 274 Å². The fourth-order valence-corrected chi connectivity index (χ4v) is 14.4. The van der Waals surface area contributed by atoms with Crippen LogP contribution in [0.1, 0.15) is 75.7 Å². The average molecular weight is 911 g/mol. The molecule has 8 unspecified atom stereocenters. The Hall–Kier alpha value is -7.68. The molecule has 0 bridgehead atoms. The minimum atomic E-state index is -0.0667. The largest absolute Gasteiger partial charge is 0.228 e. The predicted molar refractivity (Wildman–Crippen MR) is 293 cm³/mol. The third kappa shape index (κ3) is 6.39. The third-order valence-corrected chi connectivity index (χ3v) is 17.8. The van der Waals surface area contributed by atoms with Crippen molar-refractivity contribution in [2.24, 2.45) is 35.0 Å². The molecule has 2 heteroatoms. The summed E-state index contributed by atoms with van der Waals surface area (Å²) in [4.78, 5) is 11.0. The molecule has 0 aliphatic heterocycles. The molecule has 1 saturated carbocycles. The molecule has 0 saturated heterocycles. The minimum Gasteiger partial charge on any atom is -0.228 e. The number of aromatic nitrogens is 2. The SMILES string of the molecule is Cc1c(C2=C3C=CC=CC34C(C=C2)C4CC2C3=CC4CCC(/C=C5/Cc6ccccc6-c6ccccc65)C=C4C=C3c3ccccc32)nc(-c2ccc3c(c2)C2C=CC=CC2C=C3)nc1-c1ccccc1. The highest BCUT2D eigenvalue weighted by molar-refractivity contribution is 5.92. The number of fused-ring (bicyclic) bond motifs is 10. The summed E-state index contributed by atoms with van der Waals surface area (Å²) in [7, 11) is 0. The molecule has 6 aromatic rings. The molecule has 1 heterocycles. The lowest BCUT2D eigenvalue weighted by molar-refractivity contribution is 0.535. The fraction of sp³-hybridized carbons (Fsp3) is 0.188. The van der Waals surface area contributed by atoms with E-state index < -0.39 is 0 Å². The Labute approximate surface area is 417 Å². The van der Waals surface area contributed by atoms with Gasteiger partial charge in [0.05, 0.1) is 11.4 Å². The maximum absolute atomic E-state index is 5.60. The van der Waals surface area contributed by atoms with E-state index in [-0.39, 0.29) is 5.41 Å². The summed E-state index contributed by atoms with van der Waals surface area (Å²) >= 11 is 0. The first kappa shape index (κ1) is 41.1. The van der Waals surface area contributed by atoms with Crippen molar-refractivity contribution < 1.29 is 0 Å². The molecule has 8 atom stereocenters. The van der Waals surface area contributed by atoms with Crippen LogP contribution in [0.4, 0.5) is 0 Å². The van der Waals surface area contributed by atoms with Crippen LogP contribution in [0.25, 0.3) is 56.6 Å². The molecule has 71 heavy (non-hydrogen) atoms. The third-order valence-electron chi connectivity index (χ3n) is 17.8. The second-order valence-electron chi connectivity index (χ2n) is 21.4. The molecule has 9 aliphatic carbocycles. The Morgan fingerprint density at radius 3 is 2.37 bits per heavy atom. The Morgan fingerprint density at radius 2 is 1.45 bits per heavy atom. The van der Waals surface area contributed by atoms with E-state index in [0.29, 0.717) is 41.4 Å². The molecule has 15 rings (SSSR count). The van der Waals surface area contributed by atoms with Crippen LogP contribution >= 0.6 is 0 Å². The van der Waals surface area contributed by atoms with Crippen molar-refractivity contribution in [3.63, 3.8) is 0 Å². The minimum absolute atomic E-state index is 0.0667. The molecule has 340 valence electrons. The first-order valence-electron chi connectivity index (χ1n) is 26.1. The van der Waals surface area contributed by atoms with E-state index in [2.05, 4.69) is 225 Å². The quantitative estimate of drug-likeness (QED) is 0.166. The summed E-state index contributed by atoms with van der Waals surface area (Å²) in [6, 6.07) is 44.9. The van der Waals surface area contributed by atoms with Crippen LogP contribution in [-0.2, 0) is 6.42 Å². The zero-order valence-electron chi connectivity index (χ0n) is 40.0. The van der Waals surface area contributed by atoms with Crippen molar-refractivity contribution in [1.82, 2.24) is 9.97 Å². The molecule has 1 spiro atoms. The lowest BCUT2D eigenvalue weighted by Crippen LogP contribution is -2.16. The zero-order chi connectivity index (χ0) is 46.8. The van der Waals surface area contributed by atoms with Crippen LogP contribution in [0.15, 0.2) is 229 Å². The van der Waals surface area contributed by atoms with Crippen molar-refractivity contribution in [2.45, 2.75) is 44.4 Å². The first-order valence-corrected chi connectivity index (χ1v) is 26.1. The lowest BCUT2D eigenvalue weighted by Gasteiger charge is -2.30. The summed E-state index contributed by atoms with van der Waals surface area (Å²) < 4.78 is 0. The van der Waals surface area contributed by atoms with E-state index in [9.17, 15) is 0 Å². The van der Waals surface area contributed by atoms with E-state index in [1.807, 2.05) is 0 Å². The molecule has 0 radical (unpaired) electrons. The number of nitrogens with zero attached hydrogens (tertiary/aromatic N) is 2. The molecule has 0 amide bonds. The van der Waals surface area contributed by atoms with Crippen LogP contribution in [0.3, 0.4) is 0 Å². The van der Waals surface area contributed by atoms with Crippen LogP contribution in [0.5, 0.6) is 0 Å². The molecule has 1 fully saturated rings. The summed E-state index contributed by atoms with van der Waals surface area (Å²) in [6.07, 6.45) is 43.1. The van der Waals surface area contributed by atoms with Crippen LogP contribution in [0.2, 0.25) is 0 Å². The summed E-state index contributed by atoms with van der Waals surface area (Å²) in [6.45, 7) is 2.23. The summed E-state index contributed by atoms with van der Waals surface area (Å²) in [5.41, 5.74) is 25.0. The maximum atomic E-state index is 5.60. The normalized spacial score (nSPS) is 27.8. The second-order valence-corrected chi connectivity index (χ2v) is 21.4. The number of rotatable bonds is 6. The highest BCUT2D eigenvalue weighted by Gasteiger charge is 2.65. The predicted octanol–water partition coefficient (Wildman–Crippen LogP) is 16.4. The van der Waals surface area contributed by atoms with Gasteiger partial charge >= 0.3 is 0 Å². The van der Waals surface area contributed by atoms with Gasteiger partial charge in [-0.3, -0.25) is 0 Å². The Balaban J connectivity index is 0.773. The maximum Gasteiger partial charge on any atom is 0.160 e. The molecule has 5 aromatic carbocycles. The van der Waals surface area contributed by atoms with E-state index in [1.165, 1.54) is 85.2 Å². The second kappa shape index (κ2) is 15.9. The highest BCUT2D eigenvalue weighted by Crippen LogP contribution is 2.72. The molecule has 1 aromatic heterocycles. The lowest BCUT2D eigenvalue weighted by atomic mass is 9.74. The van der Waals surface area contributed by atoms with Crippen molar-refractivity contribution in [1.29, 1.82) is 0 Å². The standard InChI is InChI=1S/C69H54N2/c1-42-66(46-16-3-2-4-17-46)70-68(49-31-30-45-29-28-44-15-5-7-19-52(44)59(45)39-49)71-67(42)58-32-33-64-65(69(64)34-14-13-25-63(58)69)41-62-57-24-12-11-23-56(57)60-40-50-35-43(26-27-47(50)38-61(60)62)36-51-37-48-18-6-8-20-53(48)55-22-10-9-21-54(51)55/h2-25,28-36,38-40,43-44,47,52,62,64-65H,26-27,37,41H2,1H3/b51-36-. The van der Waals surface area contributed by atoms with Gasteiger partial charge in [-0.15, -0.1) is 0 Å². The highest BCUT2D eigenvalue weighted by atomic mass is 14.9. The van der Waals surface area contributed by atoms with Gasteiger partial charge in [0.25, 0.3) is 0 Å². The Morgan fingerprint density at radius 1 is 0.648 bits per heavy atom. The van der Waals surface area contributed by atoms with Crippen LogP contribution in [-0.4, -0.2) is 9.97 Å². The first-order chi connectivity index (χ1) is 35.1. The van der Waals surface area contributed by atoms with Gasteiger partial charge in [0.2, 0.25) is 0 Å². The molecular weight excluding hydrogens is 857 g/mol. The van der Waals surface area contributed by atoms with Gasteiger partial charge in [-0.2, -0.15) is 0 Å². The summed E-state index contributed by atoms with van der Waals surface area (Å²) in [5.74, 6) is 3.63. The monoisotopic (exact) mass is 910 g/mol. The molecular formula is C69H54N2. The van der Waals surface area contributed by atoms with E-state index in [4.69, 9.17) is 9.97 Å². The average Bonchev–Trinajstić information content (AvgIpc) is 3.95. The summed E-state index contributed by atoms with van der Waals surface area (Å²) in [5, 5.41) is 0. The van der Waals surface area contributed by atoms with Crippen LogP contribution in [0, 0.1) is 41.9 Å². The van der Waals surface area contributed by atoms with E-state index in [1.54, 1.807) is 5.57 Å². The number of benzene rings is 5. The molecule has 2 nitrogen and oxygen atoms in total. The Bertz CT molecular complexity index is 3650. The van der Waals surface area contributed by atoms with Gasteiger partial charge in [-0.05, 0) is 129 Å². The number of allylic oxidation sites excluding steroid dienone is 21.